The van der Waals surface area contributed by atoms with Gasteiger partial charge in [0.05, 0.1) is 5.69 Å². The Morgan fingerprint density at radius 2 is 2.12 bits per heavy atom. The molecule has 0 saturated heterocycles. The topological polar surface area (TPSA) is 72.8 Å². The number of allylic oxidation sites excluding steroid dienone is 1. The number of carbonyl (C=O) groups excluding carboxylic acids is 1. The molecule has 1 aliphatic heterocycles. The standard InChI is InChI=1S/C12H14N2O3/c1-8(13-17)7-12(16)9-5-3-4-6-10(9)14(2)11(12)15/h3-7,13,16-17H,1-2H3/t12-/m1/s1. The Balaban J connectivity index is 2.60. The van der Waals surface area contributed by atoms with Gasteiger partial charge in [-0.15, -0.1) is 0 Å². The van der Waals surface area contributed by atoms with Gasteiger partial charge in [-0.05, 0) is 19.1 Å². The summed E-state index contributed by atoms with van der Waals surface area (Å²) in [6, 6.07) is 7.01. The molecular weight excluding hydrogens is 220 g/mol. The van der Waals surface area contributed by atoms with E-state index in [1.807, 2.05) is 5.48 Å². The van der Waals surface area contributed by atoms with E-state index in [4.69, 9.17) is 5.21 Å². The fraction of sp³-hybridized carbons (Fsp3) is 0.250. The molecule has 3 N–H and O–H groups in total. The number of carbonyl (C=O) groups is 1. The first-order chi connectivity index (χ1) is 8.00. The van der Waals surface area contributed by atoms with Crippen LogP contribution < -0.4 is 10.4 Å². The van der Waals surface area contributed by atoms with Crippen LogP contribution in [0.3, 0.4) is 0 Å². The van der Waals surface area contributed by atoms with Crippen molar-refractivity contribution in [2.75, 3.05) is 11.9 Å². The second-order valence-electron chi connectivity index (χ2n) is 4.09. The average Bonchev–Trinajstić information content (AvgIpc) is 2.53. The number of hydrogen-bond donors (Lipinski definition) is 3. The Hall–Kier alpha value is -1.85. The van der Waals surface area contributed by atoms with Crippen LogP contribution in [-0.4, -0.2) is 23.3 Å². The van der Waals surface area contributed by atoms with E-state index < -0.39 is 11.5 Å². The van der Waals surface area contributed by atoms with Gasteiger partial charge in [-0.1, -0.05) is 18.2 Å². The summed E-state index contributed by atoms with van der Waals surface area (Å²) in [6.07, 6.45) is 1.30. The number of hydrogen-bond acceptors (Lipinski definition) is 4. The second-order valence-corrected chi connectivity index (χ2v) is 4.09. The Labute approximate surface area is 98.9 Å². The van der Waals surface area contributed by atoms with E-state index in [1.54, 1.807) is 38.2 Å². The molecule has 1 aromatic rings. The summed E-state index contributed by atoms with van der Waals surface area (Å²) in [5.41, 5.74) is 1.69. The zero-order valence-electron chi connectivity index (χ0n) is 9.64. The normalized spacial score (nSPS) is 23.9. The summed E-state index contributed by atoms with van der Waals surface area (Å²) in [5.74, 6) is -0.437. The first-order valence-corrected chi connectivity index (χ1v) is 5.20. The number of likely N-dealkylation sites (N-methyl/N-ethyl adjacent to an activating group) is 1. The number of nitrogens with one attached hydrogen (secondary N) is 1. The molecule has 90 valence electrons. The number of amides is 1. The van der Waals surface area contributed by atoms with Gasteiger partial charge in [-0.25, -0.2) is 0 Å². The molecule has 0 fully saturated rings. The number of hydroxylamine groups is 1. The van der Waals surface area contributed by atoms with E-state index in [0.717, 1.165) is 0 Å². The summed E-state index contributed by atoms with van der Waals surface area (Å²) in [5, 5.41) is 19.2. The molecule has 2 rings (SSSR count). The number of fused-ring (bicyclic) bond motifs is 1. The number of rotatable bonds is 2. The van der Waals surface area contributed by atoms with E-state index in [1.165, 1.54) is 11.0 Å². The van der Waals surface area contributed by atoms with Crippen molar-refractivity contribution >= 4 is 11.6 Å². The number of nitrogens with zero attached hydrogens (tertiary/aromatic N) is 1. The molecule has 0 unspecified atom stereocenters. The van der Waals surface area contributed by atoms with Crippen LogP contribution in [0, 0.1) is 0 Å². The van der Waals surface area contributed by atoms with Gasteiger partial charge in [0.2, 0.25) is 0 Å². The Kier molecular flexibility index (Phi) is 2.65. The lowest BCUT2D eigenvalue weighted by atomic mass is 9.94. The van der Waals surface area contributed by atoms with Crippen LogP contribution >= 0.6 is 0 Å². The molecule has 1 atom stereocenters. The lowest BCUT2D eigenvalue weighted by molar-refractivity contribution is -0.131. The first kappa shape index (κ1) is 11.6. The van der Waals surface area contributed by atoms with Crippen molar-refractivity contribution in [2.24, 2.45) is 0 Å². The molecule has 1 aliphatic rings. The highest BCUT2D eigenvalue weighted by atomic mass is 16.5. The fourth-order valence-electron chi connectivity index (χ4n) is 2.05. The maximum Gasteiger partial charge on any atom is 0.267 e. The zero-order chi connectivity index (χ0) is 12.6. The third kappa shape index (κ3) is 1.60. The van der Waals surface area contributed by atoms with Gasteiger partial charge in [0.25, 0.3) is 5.91 Å². The predicted octanol–water partition coefficient (Wildman–Crippen LogP) is 0.733. The molecule has 0 radical (unpaired) electrons. The molecule has 0 aromatic heterocycles. The van der Waals surface area contributed by atoms with E-state index >= 15 is 0 Å². The SMILES string of the molecule is CC(=C[C@]1(O)C(=O)N(C)c2ccccc21)NO. The summed E-state index contributed by atoms with van der Waals surface area (Å²) in [6.45, 7) is 1.56. The van der Waals surface area contributed by atoms with Crippen molar-refractivity contribution in [3.63, 3.8) is 0 Å². The van der Waals surface area contributed by atoms with Crippen LogP contribution in [0.4, 0.5) is 5.69 Å². The molecule has 1 aromatic carbocycles. The van der Waals surface area contributed by atoms with Gasteiger partial charge >= 0.3 is 0 Å². The van der Waals surface area contributed by atoms with Crippen LogP contribution in [0.2, 0.25) is 0 Å². The van der Waals surface area contributed by atoms with Gasteiger partial charge in [-0.3, -0.25) is 15.5 Å². The smallest absolute Gasteiger partial charge is 0.267 e. The third-order valence-electron chi connectivity index (χ3n) is 2.91. The average molecular weight is 234 g/mol. The largest absolute Gasteiger partial charge is 0.372 e. The number of benzene rings is 1. The molecule has 0 aliphatic carbocycles. The minimum atomic E-state index is -1.72. The highest BCUT2D eigenvalue weighted by molar-refractivity contribution is 6.07. The highest BCUT2D eigenvalue weighted by Gasteiger charge is 2.46. The molecule has 17 heavy (non-hydrogen) atoms. The zero-order valence-corrected chi connectivity index (χ0v) is 9.64. The maximum absolute atomic E-state index is 12.1. The van der Waals surface area contributed by atoms with Crippen molar-refractivity contribution in [3.8, 4) is 0 Å². The van der Waals surface area contributed by atoms with Crippen molar-refractivity contribution in [3.05, 3.63) is 41.6 Å². The predicted molar refractivity (Wildman–Crippen MR) is 62.4 cm³/mol. The first-order valence-electron chi connectivity index (χ1n) is 5.20. The Bertz CT molecular complexity index is 498. The van der Waals surface area contributed by atoms with Gasteiger partial charge in [-0.2, -0.15) is 0 Å². The van der Waals surface area contributed by atoms with Gasteiger partial charge in [0.15, 0.2) is 5.60 Å². The van der Waals surface area contributed by atoms with E-state index in [0.29, 0.717) is 16.9 Å². The molecule has 0 spiro atoms. The summed E-state index contributed by atoms with van der Waals surface area (Å²) < 4.78 is 0. The number of aliphatic hydroxyl groups is 1. The maximum atomic E-state index is 12.1. The minimum Gasteiger partial charge on any atom is -0.372 e. The highest BCUT2D eigenvalue weighted by Crippen LogP contribution is 2.40. The van der Waals surface area contributed by atoms with Crippen LogP contribution in [-0.2, 0) is 10.4 Å². The summed E-state index contributed by atoms with van der Waals surface area (Å²) in [4.78, 5) is 13.5. The van der Waals surface area contributed by atoms with Crippen LogP contribution in [0.15, 0.2) is 36.0 Å². The molecule has 5 heteroatoms. The lowest BCUT2D eigenvalue weighted by Crippen LogP contribution is -2.37. The molecule has 1 amide bonds. The molecular formula is C12H14N2O3. The lowest BCUT2D eigenvalue weighted by Gasteiger charge is -2.18. The van der Waals surface area contributed by atoms with Gasteiger partial charge in [0, 0.05) is 18.3 Å². The molecule has 0 saturated carbocycles. The van der Waals surface area contributed by atoms with E-state index in [2.05, 4.69) is 0 Å². The van der Waals surface area contributed by atoms with Crippen LogP contribution in [0.1, 0.15) is 12.5 Å². The Morgan fingerprint density at radius 1 is 1.47 bits per heavy atom. The molecule has 0 bridgehead atoms. The van der Waals surface area contributed by atoms with Gasteiger partial charge in [0.1, 0.15) is 0 Å². The Morgan fingerprint density at radius 3 is 2.76 bits per heavy atom. The van der Waals surface area contributed by atoms with Crippen molar-refractivity contribution in [1.29, 1.82) is 0 Å². The summed E-state index contributed by atoms with van der Waals surface area (Å²) >= 11 is 0. The second kappa shape index (κ2) is 3.87. The van der Waals surface area contributed by atoms with Crippen molar-refractivity contribution in [1.82, 2.24) is 5.48 Å². The van der Waals surface area contributed by atoms with E-state index in [9.17, 15) is 9.90 Å². The van der Waals surface area contributed by atoms with Crippen LogP contribution in [0.5, 0.6) is 0 Å². The summed E-state index contributed by atoms with van der Waals surface area (Å²) in [7, 11) is 1.61. The fourth-order valence-corrected chi connectivity index (χ4v) is 2.05. The molecule has 1 heterocycles. The number of para-hydroxylation sites is 1. The van der Waals surface area contributed by atoms with Crippen molar-refractivity contribution in [2.45, 2.75) is 12.5 Å². The van der Waals surface area contributed by atoms with E-state index in [-0.39, 0.29) is 0 Å². The van der Waals surface area contributed by atoms with Crippen molar-refractivity contribution < 1.29 is 15.1 Å². The van der Waals surface area contributed by atoms with Gasteiger partial charge < -0.3 is 10.0 Å². The van der Waals surface area contributed by atoms with Crippen LogP contribution in [0.25, 0.3) is 0 Å². The minimum absolute atomic E-state index is 0.311. The third-order valence-corrected chi connectivity index (χ3v) is 2.91. The quantitative estimate of drug-likeness (QED) is 0.660. The molecule has 5 nitrogen and oxygen atoms in total. The monoisotopic (exact) mass is 234 g/mol. The number of anilines is 1.